The molecule has 0 atom stereocenters. The van der Waals surface area contributed by atoms with Crippen molar-refractivity contribution in [3.8, 4) is 0 Å². The summed E-state index contributed by atoms with van der Waals surface area (Å²) in [5, 5.41) is 0. The molecule has 0 aromatic carbocycles. The highest BCUT2D eigenvalue weighted by Gasteiger charge is 2.27. The van der Waals surface area contributed by atoms with Gasteiger partial charge in [0, 0.05) is 4.88 Å². The summed E-state index contributed by atoms with van der Waals surface area (Å²) in [5.41, 5.74) is 0. The zero-order chi connectivity index (χ0) is 9.19. The molecule has 0 saturated heterocycles. The first kappa shape index (κ1) is 9.64. The second-order valence-corrected chi connectivity index (χ2v) is 3.83. The minimum absolute atomic E-state index is 0.432. The van der Waals surface area contributed by atoms with Crippen molar-refractivity contribution in [2.75, 3.05) is 0 Å². The molecule has 0 unspecified atom stereocenters. The van der Waals surface area contributed by atoms with E-state index in [9.17, 15) is 12.9 Å². The zero-order valence-electron chi connectivity index (χ0n) is 6.69. The first-order valence-electron chi connectivity index (χ1n) is 3.82. The molecule has 0 amide bonds. The van der Waals surface area contributed by atoms with E-state index in [1.54, 1.807) is 6.07 Å². The van der Waals surface area contributed by atoms with Crippen LogP contribution in [0.2, 0.25) is 0 Å². The van der Waals surface area contributed by atoms with Crippen LogP contribution < -0.4 is 4.78 Å². The molecule has 5 heteroatoms. The highest BCUT2D eigenvalue weighted by atomic mass is 32.1. The third-order valence-electron chi connectivity index (χ3n) is 1.50. The molecule has 0 radical (unpaired) electrons. The van der Waals surface area contributed by atoms with Crippen molar-refractivity contribution in [2.24, 2.45) is 0 Å². The molecule has 0 nitrogen and oxygen atoms in total. The topological polar surface area (TPSA) is 0 Å². The van der Waals surface area contributed by atoms with Crippen LogP contribution in [-0.2, 0) is 6.42 Å². The molecule has 0 fully saturated rings. The van der Waals surface area contributed by atoms with Crippen molar-refractivity contribution in [3.63, 3.8) is 0 Å². The van der Waals surface area contributed by atoms with Crippen LogP contribution in [0.3, 0.4) is 0 Å². The molecule has 1 aromatic rings. The van der Waals surface area contributed by atoms with Gasteiger partial charge in [-0.1, -0.05) is 30.3 Å². The maximum Gasteiger partial charge on any atom is 0.519 e. The van der Waals surface area contributed by atoms with Gasteiger partial charge in [-0.3, -0.25) is 0 Å². The first-order valence-corrected chi connectivity index (χ1v) is 4.64. The van der Waals surface area contributed by atoms with Crippen molar-refractivity contribution in [3.05, 3.63) is 17.0 Å². The fourth-order valence-electron chi connectivity index (χ4n) is 0.951. The lowest BCUT2D eigenvalue weighted by molar-refractivity contribution is 0.503. The van der Waals surface area contributed by atoms with Crippen LogP contribution in [0.25, 0.3) is 0 Å². The van der Waals surface area contributed by atoms with Crippen molar-refractivity contribution in [1.29, 1.82) is 0 Å². The van der Waals surface area contributed by atoms with E-state index < -0.39 is 11.8 Å². The van der Waals surface area contributed by atoms with Gasteiger partial charge < -0.3 is 12.9 Å². The second-order valence-electron chi connectivity index (χ2n) is 2.63. The quantitative estimate of drug-likeness (QED) is 0.647. The summed E-state index contributed by atoms with van der Waals surface area (Å²) >= 11 is 0.867. The standard InChI is InChI=1S/C7H9BF3S/c1-2-3-6-4-5-7(12-6)8(9,10)11/h4-5H,2-3H2,1H3/q-1. The van der Waals surface area contributed by atoms with Crippen LogP contribution in [0.5, 0.6) is 0 Å². The van der Waals surface area contributed by atoms with Crippen LogP contribution in [0.1, 0.15) is 18.2 Å². The van der Waals surface area contributed by atoms with E-state index in [4.69, 9.17) is 0 Å². The monoisotopic (exact) mass is 193 g/mol. The number of hydrogen-bond acceptors (Lipinski definition) is 1. The Hall–Kier alpha value is -0.445. The third-order valence-corrected chi connectivity index (χ3v) is 2.74. The average Bonchev–Trinajstić information content (AvgIpc) is 2.35. The van der Waals surface area contributed by atoms with Crippen molar-refractivity contribution in [1.82, 2.24) is 0 Å². The molecule has 12 heavy (non-hydrogen) atoms. The predicted molar refractivity (Wildman–Crippen MR) is 47.0 cm³/mol. The molecular formula is C7H9BF3S-. The molecule has 1 rings (SSSR count). The van der Waals surface area contributed by atoms with E-state index in [1.807, 2.05) is 6.92 Å². The number of aryl methyl sites for hydroxylation is 1. The van der Waals surface area contributed by atoms with Gasteiger partial charge in [-0.25, -0.2) is 0 Å². The zero-order valence-corrected chi connectivity index (χ0v) is 7.50. The fraction of sp³-hybridized carbons (Fsp3) is 0.429. The first-order chi connectivity index (χ1) is 5.54. The summed E-state index contributed by atoms with van der Waals surface area (Å²) in [4.78, 5) is 0.826. The van der Waals surface area contributed by atoms with Gasteiger partial charge in [0.05, 0.1) is 0 Å². The largest absolute Gasteiger partial charge is 0.519 e. The van der Waals surface area contributed by atoms with E-state index in [0.29, 0.717) is 0 Å². The minimum Gasteiger partial charge on any atom is -0.444 e. The molecule has 0 aliphatic rings. The highest BCUT2D eigenvalue weighted by Crippen LogP contribution is 2.17. The van der Waals surface area contributed by atoms with Gasteiger partial charge in [0.1, 0.15) is 0 Å². The smallest absolute Gasteiger partial charge is 0.444 e. The Morgan fingerprint density at radius 1 is 1.33 bits per heavy atom. The van der Waals surface area contributed by atoms with Gasteiger partial charge in [-0.15, -0.1) is 0 Å². The Kier molecular flexibility index (Phi) is 2.83. The minimum atomic E-state index is -4.78. The molecule has 1 heterocycles. The Morgan fingerprint density at radius 3 is 2.42 bits per heavy atom. The molecule has 68 valence electrons. The molecule has 0 aliphatic carbocycles. The number of rotatable bonds is 3. The van der Waals surface area contributed by atoms with Gasteiger partial charge in [0.2, 0.25) is 0 Å². The molecule has 0 spiro atoms. The number of halogens is 3. The summed E-state index contributed by atoms with van der Waals surface area (Å²) < 4.78 is 35.9. The fourth-order valence-corrected chi connectivity index (χ4v) is 1.97. The van der Waals surface area contributed by atoms with E-state index in [2.05, 4.69) is 0 Å². The van der Waals surface area contributed by atoms with Gasteiger partial charge in [0.25, 0.3) is 0 Å². The lowest BCUT2D eigenvalue weighted by Gasteiger charge is -2.10. The van der Waals surface area contributed by atoms with Crippen LogP contribution >= 0.6 is 11.3 Å². The van der Waals surface area contributed by atoms with Gasteiger partial charge in [-0.2, -0.15) is 11.3 Å². The highest BCUT2D eigenvalue weighted by molar-refractivity contribution is 7.23. The summed E-state index contributed by atoms with van der Waals surface area (Å²) in [6, 6.07) is 2.74. The lowest BCUT2D eigenvalue weighted by atomic mass is 9.90. The van der Waals surface area contributed by atoms with Crippen molar-refractivity contribution >= 4 is 23.1 Å². The summed E-state index contributed by atoms with van der Waals surface area (Å²) in [5.74, 6) is 0. The summed E-state index contributed by atoms with van der Waals surface area (Å²) in [7, 11) is 0. The van der Waals surface area contributed by atoms with Crippen LogP contribution in [-0.4, -0.2) is 6.98 Å². The summed E-state index contributed by atoms with van der Waals surface area (Å²) in [6.45, 7) is -2.82. The van der Waals surface area contributed by atoms with Gasteiger partial charge in [0.15, 0.2) is 0 Å². The van der Waals surface area contributed by atoms with E-state index in [0.717, 1.165) is 29.1 Å². The molecule has 0 aliphatic heterocycles. The van der Waals surface area contributed by atoms with Crippen LogP contribution in [0.4, 0.5) is 12.9 Å². The maximum atomic E-state index is 12.1. The molecule has 1 aromatic heterocycles. The lowest BCUT2D eigenvalue weighted by Crippen LogP contribution is -2.30. The number of thiophene rings is 1. The van der Waals surface area contributed by atoms with Crippen molar-refractivity contribution in [2.45, 2.75) is 19.8 Å². The predicted octanol–water partition coefficient (Wildman–Crippen LogP) is 2.76. The van der Waals surface area contributed by atoms with Crippen LogP contribution in [0.15, 0.2) is 12.1 Å². The molecule has 0 bridgehead atoms. The maximum absolute atomic E-state index is 12.1. The Bertz CT molecular complexity index is 253. The van der Waals surface area contributed by atoms with E-state index in [1.165, 1.54) is 6.07 Å². The third kappa shape index (κ3) is 2.27. The molecular weight excluding hydrogens is 184 g/mol. The normalized spacial score (nSPS) is 12.0. The average molecular weight is 193 g/mol. The Labute approximate surface area is 73.5 Å². The molecule has 0 N–H and O–H groups in total. The van der Waals surface area contributed by atoms with Crippen molar-refractivity contribution < 1.29 is 12.9 Å². The van der Waals surface area contributed by atoms with Gasteiger partial charge in [-0.05, 0) is 6.42 Å². The van der Waals surface area contributed by atoms with E-state index >= 15 is 0 Å². The second kappa shape index (κ2) is 3.52. The Morgan fingerprint density at radius 2 is 2.00 bits per heavy atom. The SMILES string of the molecule is CCCc1ccc([B-](F)(F)F)s1. The number of hydrogen-bond donors (Lipinski definition) is 0. The molecule has 0 saturated carbocycles. The van der Waals surface area contributed by atoms with Crippen LogP contribution in [0, 0.1) is 0 Å². The summed E-state index contributed by atoms with van der Waals surface area (Å²) in [6.07, 6.45) is 1.64. The van der Waals surface area contributed by atoms with E-state index in [-0.39, 0.29) is 0 Å². The van der Waals surface area contributed by atoms with Gasteiger partial charge >= 0.3 is 6.98 Å². The Balaban J connectivity index is 2.77.